The Morgan fingerprint density at radius 2 is 1.35 bits per heavy atom. The molecule has 1 aliphatic rings. The van der Waals surface area contributed by atoms with Gasteiger partial charge in [-0.3, -0.25) is 4.79 Å². The molecule has 0 saturated heterocycles. The van der Waals surface area contributed by atoms with E-state index in [1.165, 1.54) is 10.5 Å². The summed E-state index contributed by atoms with van der Waals surface area (Å²) in [5.74, 6) is 0.402. The molecule has 6 heteroatoms. The first-order valence-corrected chi connectivity index (χ1v) is 13.6. The first-order valence-electron chi connectivity index (χ1n) is 13.6. The van der Waals surface area contributed by atoms with Gasteiger partial charge in [-0.25, -0.2) is 4.79 Å². The van der Waals surface area contributed by atoms with E-state index in [9.17, 15) is 14.7 Å². The van der Waals surface area contributed by atoms with Crippen molar-refractivity contribution in [1.82, 2.24) is 4.90 Å². The predicted octanol–water partition coefficient (Wildman–Crippen LogP) is 6.50. The molecule has 1 atom stereocenters. The van der Waals surface area contributed by atoms with Crippen molar-refractivity contribution < 1.29 is 19.4 Å². The number of carbonyl (C=O) groups is 2. The third-order valence-electron chi connectivity index (χ3n) is 7.67. The molecule has 0 aromatic heterocycles. The first kappa shape index (κ1) is 27.0. The second kappa shape index (κ2) is 12.1. The highest BCUT2D eigenvalue weighted by molar-refractivity contribution is 5.83. The van der Waals surface area contributed by atoms with Crippen molar-refractivity contribution in [2.45, 2.75) is 37.8 Å². The van der Waals surface area contributed by atoms with Crippen molar-refractivity contribution in [3.05, 3.63) is 125 Å². The summed E-state index contributed by atoms with van der Waals surface area (Å²) in [6.07, 6.45) is 1.04. The summed E-state index contributed by atoms with van der Waals surface area (Å²) in [5, 5.41) is 10.0. The Bertz CT molecular complexity index is 1420. The predicted molar refractivity (Wildman–Crippen MR) is 157 cm³/mol. The Morgan fingerprint density at radius 3 is 1.95 bits per heavy atom. The van der Waals surface area contributed by atoms with Gasteiger partial charge in [0.2, 0.25) is 5.91 Å². The molecule has 0 fully saturated rings. The fourth-order valence-electron chi connectivity index (χ4n) is 5.39. The molecule has 0 radical (unpaired) electrons. The van der Waals surface area contributed by atoms with Crippen molar-refractivity contribution in [3.63, 3.8) is 0 Å². The first-order chi connectivity index (χ1) is 19.4. The molecule has 40 heavy (non-hydrogen) atoms. The van der Waals surface area contributed by atoms with Gasteiger partial charge >= 0.3 is 5.97 Å². The van der Waals surface area contributed by atoms with Crippen LogP contribution in [0.5, 0.6) is 11.5 Å². The molecule has 4 aromatic rings. The number of hydrogen-bond donors (Lipinski definition) is 1. The van der Waals surface area contributed by atoms with Gasteiger partial charge in [0, 0.05) is 56.2 Å². The summed E-state index contributed by atoms with van der Waals surface area (Å²) in [6, 6.07) is 33.0. The van der Waals surface area contributed by atoms with E-state index in [4.69, 9.17) is 4.74 Å². The quantitative estimate of drug-likeness (QED) is 0.252. The van der Waals surface area contributed by atoms with Crippen molar-refractivity contribution in [2.75, 3.05) is 19.0 Å². The van der Waals surface area contributed by atoms with Crippen LogP contribution in [0.3, 0.4) is 0 Å². The van der Waals surface area contributed by atoms with Crippen LogP contribution in [0.15, 0.2) is 103 Å². The lowest BCUT2D eigenvalue weighted by Crippen LogP contribution is -2.43. The van der Waals surface area contributed by atoms with E-state index in [0.717, 1.165) is 40.4 Å². The average Bonchev–Trinajstić information content (AvgIpc) is 2.98. The van der Waals surface area contributed by atoms with E-state index in [0.29, 0.717) is 6.42 Å². The molecular formula is C34H34N2O4. The van der Waals surface area contributed by atoms with Gasteiger partial charge in [-0.05, 0) is 41.8 Å². The van der Waals surface area contributed by atoms with Crippen LogP contribution in [0.4, 0.5) is 5.69 Å². The number of carboxylic acid groups (broad SMARTS) is 1. The van der Waals surface area contributed by atoms with E-state index in [-0.39, 0.29) is 24.7 Å². The van der Waals surface area contributed by atoms with Gasteiger partial charge in [-0.15, -0.1) is 0 Å². The zero-order valence-electron chi connectivity index (χ0n) is 22.9. The van der Waals surface area contributed by atoms with E-state index in [1.807, 2.05) is 98.0 Å². The Kier molecular flexibility index (Phi) is 8.15. The molecule has 0 bridgehead atoms. The third kappa shape index (κ3) is 6.01. The van der Waals surface area contributed by atoms with E-state index >= 15 is 0 Å². The SMILES string of the molecule is CN(Cc1ccccc1)c1ccc(CC(C(=O)O)N(C)C(=O)CCC2c3ccccc3Oc3ccccc32)cc1. The van der Waals surface area contributed by atoms with Gasteiger partial charge in [0.15, 0.2) is 0 Å². The van der Waals surface area contributed by atoms with Gasteiger partial charge in [-0.1, -0.05) is 78.9 Å². The summed E-state index contributed by atoms with van der Waals surface area (Å²) in [6.45, 7) is 0.775. The number of likely N-dealkylation sites (N-methyl/N-ethyl adjacent to an activating group) is 1. The fraction of sp³-hybridized carbons (Fsp3) is 0.235. The summed E-state index contributed by atoms with van der Waals surface area (Å²) in [7, 11) is 3.62. The minimum Gasteiger partial charge on any atom is -0.480 e. The maximum absolute atomic E-state index is 13.3. The lowest BCUT2D eigenvalue weighted by molar-refractivity contribution is -0.149. The number of para-hydroxylation sites is 2. The minimum atomic E-state index is -1.01. The number of hydrogen-bond acceptors (Lipinski definition) is 4. The molecule has 1 N–H and O–H groups in total. The number of nitrogens with zero attached hydrogens (tertiary/aromatic N) is 2. The average molecular weight is 535 g/mol. The lowest BCUT2D eigenvalue weighted by atomic mass is 9.84. The van der Waals surface area contributed by atoms with Crippen LogP contribution in [0, 0.1) is 0 Å². The molecule has 4 aromatic carbocycles. The molecule has 1 heterocycles. The molecule has 204 valence electrons. The van der Waals surface area contributed by atoms with Crippen molar-refractivity contribution in [1.29, 1.82) is 0 Å². The molecule has 6 nitrogen and oxygen atoms in total. The number of carboxylic acids is 1. The number of aliphatic carboxylic acids is 1. The van der Waals surface area contributed by atoms with Gasteiger partial charge in [0.1, 0.15) is 17.5 Å². The zero-order chi connectivity index (χ0) is 28.1. The molecule has 0 aliphatic carbocycles. The van der Waals surface area contributed by atoms with Crippen molar-refractivity contribution in [2.24, 2.45) is 0 Å². The molecule has 0 spiro atoms. The Labute approximate surface area is 235 Å². The summed E-state index contributed by atoms with van der Waals surface area (Å²) in [5.41, 5.74) is 5.22. The molecular weight excluding hydrogens is 500 g/mol. The largest absolute Gasteiger partial charge is 0.480 e. The van der Waals surface area contributed by atoms with Crippen LogP contribution >= 0.6 is 0 Å². The lowest BCUT2D eigenvalue weighted by Gasteiger charge is -2.29. The highest BCUT2D eigenvalue weighted by Gasteiger charge is 2.30. The standard InChI is InChI=1S/C34H34N2O4/c1-35(23-25-10-4-3-5-11-25)26-18-16-24(17-19-26)22-30(34(38)39)36(2)33(37)21-20-27-28-12-6-8-14-31(28)40-32-15-9-7-13-29(27)32/h3-19,27,30H,20-23H2,1-2H3,(H,38,39). The number of ether oxygens (including phenoxy) is 1. The maximum Gasteiger partial charge on any atom is 0.326 e. The second-order valence-electron chi connectivity index (χ2n) is 10.3. The number of rotatable bonds is 10. The van der Waals surface area contributed by atoms with Crippen LogP contribution in [0.2, 0.25) is 0 Å². The number of anilines is 1. The van der Waals surface area contributed by atoms with Crippen LogP contribution in [-0.4, -0.2) is 42.0 Å². The maximum atomic E-state index is 13.3. The molecule has 0 saturated carbocycles. The summed E-state index contributed by atoms with van der Waals surface area (Å²) >= 11 is 0. The molecule has 1 amide bonds. The normalized spacial score (nSPS) is 12.9. The Hall–Kier alpha value is -4.58. The van der Waals surface area contributed by atoms with Crippen LogP contribution in [-0.2, 0) is 22.6 Å². The Balaban J connectivity index is 1.23. The van der Waals surface area contributed by atoms with Gasteiger partial charge in [0.25, 0.3) is 0 Å². The number of benzene rings is 4. The Morgan fingerprint density at radius 1 is 0.775 bits per heavy atom. The highest BCUT2D eigenvalue weighted by Crippen LogP contribution is 2.45. The van der Waals surface area contributed by atoms with E-state index < -0.39 is 12.0 Å². The molecule has 1 unspecified atom stereocenters. The second-order valence-corrected chi connectivity index (χ2v) is 10.3. The molecule has 5 rings (SSSR count). The zero-order valence-corrected chi connectivity index (χ0v) is 22.9. The van der Waals surface area contributed by atoms with Crippen LogP contribution < -0.4 is 9.64 Å². The van der Waals surface area contributed by atoms with E-state index in [1.54, 1.807) is 7.05 Å². The summed E-state index contributed by atoms with van der Waals surface area (Å²) in [4.78, 5) is 29.1. The smallest absolute Gasteiger partial charge is 0.326 e. The van der Waals surface area contributed by atoms with Crippen molar-refractivity contribution >= 4 is 17.6 Å². The third-order valence-corrected chi connectivity index (χ3v) is 7.67. The van der Waals surface area contributed by atoms with Gasteiger partial charge in [-0.2, -0.15) is 0 Å². The number of amides is 1. The van der Waals surface area contributed by atoms with Gasteiger partial charge in [0.05, 0.1) is 0 Å². The topological polar surface area (TPSA) is 70.1 Å². The minimum absolute atomic E-state index is 0.00204. The van der Waals surface area contributed by atoms with Crippen LogP contribution in [0.1, 0.15) is 41.0 Å². The highest BCUT2D eigenvalue weighted by atomic mass is 16.5. The van der Waals surface area contributed by atoms with Crippen molar-refractivity contribution in [3.8, 4) is 11.5 Å². The van der Waals surface area contributed by atoms with E-state index in [2.05, 4.69) is 17.0 Å². The summed E-state index contributed by atoms with van der Waals surface area (Å²) < 4.78 is 6.07. The fourth-order valence-corrected chi connectivity index (χ4v) is 5.39. The number of fused-ring (bicyclic) bond motifs is 2. The monoisotopic (exact) mass is 534 g/mol. The van der Waals surface area contributed by atoms with Gasteiger partial charge < -0.3 is 19.6 Å². The van der Waals surface area contributed by atoms with Crippen LogP contribution in [0.25, 0.3) is 0 Å². The number of carbonyl (C=O) groups excluding carboxylic acids is 1. The molecule has 1 aliphatic heterocycles.